The summed E-state index contributed by atoms with van der Waals surface area (Å²) in [5, 5.41) is 0. The average molecular weight is 274 g/mol. The lowest BCUT2D eigenvalue weighted by atomic mass is 9.98. The zero-order chi connectivity index (χ0) is 14.3. The minimum atomic E-state index is 0.0656. The van der Waals surface area contributed by atoms with Crippen molar-refractivity contribution < 1.29 is 4.79 Å². The van der Waals surface area contributed by atoms with Crippen LogP contribution in [0.1, 0.15) is 48.7 Å². The molecule has 0 bridgehead atoms. The zero-order valence-electron chi connectivity index (χ0n) is 12.1. The second-order valence-electron chi connectivity index (χ2n) is 6.35. The third-order valence-electron chi connectivity index (χ3n) is 4.72. The van der Waals surface area contributed by atoms with Crippen LogP contribution in [0.15, 0.2) is 12.5 Å². The number of amides is 1. The zero-order valence-corrected chi connectivity index (χ0v) is 12.1. The first kappa shape index (κ1) is 13.5. The number of nitrogens with two attached hydrogens (primary N) is 1. The van der Waals surface area contributed by atoms with E-state index in [2.05, 4.69) is 9.97 Å². The van der Waals surface area contributed by atoms with Crippen LogP contribution in [0.5, 0.6) is 0 Å². The van der Waals surface area contributed by atoms with Crippen LogP contribution in [0.25, 0.3) is 0 Å². The highest BCUT2D eigenvalue weighted by atomic mass is 16.2. The molecule has 1 saturated carbocycles. The Morgan fingerprint density at radius 1 is 1.40 bits per heavy atom. The van der Waals surface area contributed by atoms with E-state index in [0.29, 0.717) is 17.4 Å². The number of nitrogens with zero attached hydrogens (tertiary/aromatic N) is 3. The Kier molecular flexibility index (Phi) is 3.46. The van der Waals surface area contributed by atoms with Crippen molar-refractivity contribution in [3.63, 3.8) is 0 Å². The number of rotatable bonds is 2. The van der Waals surface area contributed by atoms with Crippen LogP contribution >= 0.6 is 0 Å². The molecule has 2 aliphatic rings. The summed E-state index contributed by atoms with van der Waals surface area (Å²) in [6.07, 6.45) is 5.42. The Hall–Kier alpha value is -1.49. The van der Waals surface area contributed by atoms with Crippen LogP contribution in [0.3, 0.4) is 0 Å². The predicted octanol–water partition coefficient (Wildman–Crippen LogP) is 1.41. The van der Waals surface area contributed by atoms with Crippen molar-refractivity contribution in [2.45, 2.75) is 38.6 Å². The standard InChI is InChI=1S/C15H22N4O/c1-9(2)14-11(5-17-8-18-14)15(20)19-6-10-3-4-13(16)12(10)7-19/h5,8-10,12-13H,3-4,6-7,16H2,1-2H3. The van der Waals surface area contributed by atoms with Crippen molar-refractivity contribution in [2.75, 3.05) is 13.1 Å². The van der Waals surface area contributed by atoms with Gasteiger partial charge in [0.1, 0.15) is 6.33 Å². The van der Waals surface area contributed by atoms with Gasteiger partial charge in [-0.1, -0.05) is 13.8 Å². The number of carbonyl (C=O) groups excluding carboxylic acids is 1. The number of hydrogen-bond acceptors (Lipinski definition) is 4. The molecule has 0 aromatic carbocycles. The molecule has 3 unspecified atom stereocenters. The van der Waals surface area contributed by atoms with Gasteiger partial charge >= 0.3 is 0 Å². The summed E-state index contributed by atoms with van der Waals surface area (Å²) in [6.45, 7) is 5.72. The van der Waals surface area contributed by atoms with Crippen molar-refractivity contribution in [2.24, 2.45) is 17.6 Å². The lowest BCUT2D eigenvalue weighted by molar-refractivity contribution is 0.0777. The normalized spacial score (nSPS) is 29.0. The lowest BCUT2D eigenvalue weighted by Crippen LogP contribution is -2.34. The van der Waals surface area contributed by atoms with Gasteiger partial charge in [-0.15, -0.1) is 0 Å². The first-order chi connectivity index (χ1) is 9.58. The van der Waals surface area contributed by atoms with Gasteiger partial charge in [-0.25, -0.2) is 9.97 Å². The minimum absolute atomic E-state index is 0.0656. The molecular weight excluding hydrogens is 252 g/mol. The van der Waals surface area contributed by atoms with Crippen LogP contribution in [-0.4, -0.2) is 39.9 Å². The molecule has 1 aromatic heterocycles. The highest BCUT2D eigenvalue weighted by molar-refractivity contribution is 5.95. The van der Waals surface area contributed by atoms with Gasteiger partial charge in [0, 0.05) is 25.3 Å². The van der Waals surface area contributed by atoms with E-state index in [1.807, 2.05) is 18.7 Å². The van der Waals surface area contributed by atoms with Gasteiger partial charge in [0.2, 0.25) is 0 Å². The van der Waals surface area contributed by atoms with Crippen molar-refractivity contribution in [1.29, 1.82) is 0 Å². The maximum Gasteiger partial charge on any atom is 0.257 e. The molecule has 1 aliphatic carbocycles. The first-order valence-corrected chi connectivity index (χ1v) is 7.42. The van der Waals surface area contributed by atoms with Crippen LogP contribution in [0.4, 0.5) is 0 Å². The molecule has 1 aromatic rings. The molecule has 5 heteroatoms. The van der Waals surface area contributed by atoms with E-state index in [4.69, 9.17) is 5.73 Å². The van der Waals surface area contributed by atoms with E-state index in [9.17, 15) is 4.79 Å². The maximum absolute atomic E-state index is 12.7. The second-order valence-corrected chi connectivity index (χ2v) is 6.35. The molecule has 2 fully saturated rings. The highest BCUT2D eigenvalue weighted by Crippen LogP contribution is 2.37. The molecule has 2 heterocycles. The van der Waals surface area contributed by atoms with E-state index < -0.39 is 0 Å². The van der Waals surface area contributed by atoms with E-state index >= 15 is 0 Å². The van der Waals surface area contributed by atoms with E-state index in [1.54, 1.807) is 6.20 Å². The van der Waals surface area contributed by atoms with Crippen LogP contribution in [0.2, 0.25) is 0 Å². The average Bonchev–Trinajstić information content (AvgIpc) is 3.00. The summed E-state index contributed by atoms with van der Waals surface area (Å²) in [5.74, 6) is 1.35. The Bertz CT molecular complexity index is 516. The first-order valence-electron chi connectivity index (χ1n) is 7.42. The van der Waals surface area contributed by atoms with Gasteiger partial charge in [-0.2, -0.15) is 0 Å². The Balaban J connectivity index is 1.81. The molecule has 20 heavy (non-hydrogen) atoms. The summed E-state index contributed by atoms with van der Waals surface area (Å²) < 4.78 is 0. The fourth-order valence-corrected chi connectivity index (χ4v) is 3.61. The highest BCUT2D eigenvalue weighted by Gasteiger charge is 2.42. The molecule has 3 rings (SSSR count). The Morgan fingerprint density at radius 3 is 2.90 bits per heavy atom. The van der Waals surface area contributed by atoms with E-state index in [0.717, 1.165) is 31.6 Å². The molecule has 108 valence electrons. The summed E-state index contributed by atoms with van der Waals surface area (Å²) in [5.41, 5.74) is 7.62. The van der Waals surface area contributed by atoms with Gasteiger partial charge in [0.15, 0.2) is 0 Å². The quantitative estimate of drug-likeness (QED) is 0.885. The topological polar surface area (TPSA) is 72.1 Å². The smallest absolute Gasteiger partial charge is 0.257 e. The van der Waals surface area contributed by atoms with Crippen LogP contribution < -0.4 is 5.73 Å². The minimum Gasteiger partial charge on any atom is -0.338 e. The Labute approximate surface area is 119 Å². The van der Waals surface area contributed by atoms with Gasteiger partial charge < -0.3 is 10.6 Å². The fraction of sp³-hybridized carbons (Fsp3) is 0.667. The lowest BCUT2D eigenvalue weighted by Gasteiger charge is -2.20. The molecule has 0 radical (unpaired) electrons. The summed E-state index contributed by atoms with van der Waals surface area (Å²) >= 11 is 0. The molecule has 1 saturated heterocycles. The third-order valence-corrected chi connectivity index (χ3v) is 4.72. The number of hydrogen-bond donors (Lipinski definition) is 1. The van der Waals surface area contributed by atoms with E-state index in [1.165, 1.54) is 6.33 Å². The largest absolute Gasteiger partial charge is 0.338 e. The SMILES string of the molecule is CC(C)c1ncncc1C(=O)N1CC2CCC(N)C2C1. The van der Waals surface area contributed by atoms with Crippen molar-refractivity contribution in [3.05, 3.63) is 23.8 Å². The van der Waals surface area contributed by atoms with Gasteiger partial charge in [0.05, 0.1) is 11.3 Å². The summed E-state index contributed by atoms with van der Waals surface area (Å²) in [7, 11) is 0. The van der Waals surface area contributed by atoms with Crippen molar-refractivity contribution in [1.82, 2.24) is 14.9 Å². The molecule has 1 aliphatic heterocycles. The molecule has 1 amide bonds. The molecule has 3 atom stereocenters. The molecule has 5 nitrogen and oxygen atoms in total. The van der Waals surface area contributed by atoms with E-state index in [-0.39, 0.29) is 17.9 Å². The third kappa shape index (κ3) is 2.20. The molecule has 2 N–H and O–H groups in total. The monoisotopic (exact) mass is 274 g/mol. The van der Waals surface area contributed by atoms with Crippen LogP contribution in [-0.2, 0) is 0 Å². The van der Waals surface area contributed by atoms with Gasteiger partial charge in [0.25, 0.3) is 5.91 Å². The number of fused-ring (bicyclic) bond motifs is 1. The fourth-order valence-electron chi connectivity index (χ4n) is 3.61. The number of likely N-dealkylation sites (tertiary alicyclic amines) is 1. The molecule has 0 spiro atoms. The van der Waals surface area contributed by atoms with Gasteiger partial charge in [-0.05, 0) is 30.6 Å². The molecular formula is C15H22N4O. The van der Waals surface area contributed by atoms with Crippen molar-refractivity contribution >= 4 is 5.91 Å². The Morgan fingerprint density at radius 2 is 2.20 bits per heavy atom. The summed E-state index contributed by atoms with van der Waals surface area (Å²) in [6, 6.07) is 0.259. The maximum atomic E-state index is 12.7. The van der Waals surface area contributed by atoms with Gasteiger partial charge in [-0.3, -0.25) is 4.79 Å². The van der Waals surface area contributed by atoms with Crippen LogP contribution in [0, 0.1) is 11.8 Å². The predicted molar refractivity (Wildman–Crippen MR) is 76.2 cm³/mol. The summed E-state index contributed by atoms with van der Waals surface area (Å²) in [4.78, 5) is 23.0. The second kappa shape index (κ2) is 5.13. The number of aromatic nitrogens is 2. The van der Waals surface area contributed by atoms with Crippen molar-refractivity contribution in [3.8, 4) is 0 Å². The number of carbonyl (C=O) groups is 1.